The molecular weight excluding hydrogens is 939 g/mol. The highest BCUT2D eigenvalue weighted by molar-refractivity contribution is 7.21. The minimum atomic E-state index is -3.11. The molecule has 14 rings (SSSR count). The van der Waals surface area contributed by atoms with Gasteiger partial charge in [0.1, 0.15) is 0 Å². The van der Waals surface area contributed by atoms with Gasteiger partial charge in [0.15, 0.2) is 16.1 Å². The second-order valence-corrected chi connectivity index (χ2v) is 27.2. The number of nitrogens with zero attached hydrogens (tertiary/aromatic N) is 3. The van der Waals surface area contributed by atoms with Crippen LogP contribution in [-0.2, 0) is 0 Å². The van der Waals surface area contributed by atoms with E-state index >= 15 is 0 Å². The number of rotatable bonds is 9. The first-order valence-corrected chi connectivity index (χ1v) is 29.8. The molecule has 0 radical (unpaired) electrons. The van der Waals surface area contributed by atoms with E-state index in [1.165, 1.54) is 74.4 Å². The molecule has 75 heavy (non-hydrogen) atoms. The summed E-state index contributed by atoms with van der Waals surface area (Å²) < 4.78 is 2.46. The third kappa shape index (κ3) is 7.00. The third-order valence-electron chi connectivity index (χ3n) is 15.8. The van der Waals surface area contributed by atoms with E-state index in [0.717, 1.165) is 39.3 Å². The molecule has 0 aliphatic heterocycles. The van der Waals surface area contributed by atoms with Crippen molar-refractivity contribution in [3.05, 3.63) is 298 Å². The van der Waals surface area contributed by atoms with E-state index in [0.29, 0.717) is 0 Å². The van der Waals surface area contributed by atoms with Crippen LogP contribution >= 0.6 is 0 Å². The zero-order valence-electron chi connectivity index (χ0n) is 41.1. The van der Waals surface area contributed by atoms with E-state index in [1.807, 2.05) is 18.5 Å². The van der Waals surface area contributed by atoms with E-state index < -0.39 is 16.1 Å². The quantitative estimate of drug-likeness (QED) is 0.107. The van der Waals surface area contributed by atoms with Crippen molar-refractivity contribution in [2.24, 2.45) is 0 Å². The van der Waals surface area contributed by atoms with Crippen LogP contribution in [0.1, 0.15) is 0 Å². The lowest BCUT2D eigenvalue weighted by Crippen LogP contribution is -2.76. The summed E-state index contributed by atoms with van der Waals surface area (Å²) in [5, 5.41) is 13.1. The van der Waals surface area contributed by atoms with Gasteiger partial charge in [0.05, 0.1) is 22.4 Å². The van der Waals surface area contributed by atoms with Crippen LogP contribution in [0.3, 0.4) is 0 Å². The van der Waals surface area contributed by atoms with Crippen LogP contribution in [0.25, 0.3) is 72.3 Å². The van der Waals surface area contributed by atoms with Crippen molar-refractivity contribution in [3.63, 3.8) is 0 Å². The van der Waals surface area contributed by atoms with Gasteiger partial charge in [-0.3, -0.25) is 9.97 Å². The van der Waals surface area contributed by atoms with Crippen molar-refractivity contribution in [2.45, 2.75) is 0 Å². The largest absolute Gasteiger partial charge is 0.309 e. The molecule has 0 bridgehead atoms. The van der Waals surface area contributed by atoms with Crippen molar-refractivity contribution in [1.82, 2.24) is 14.5 Å². The van der Waals surface area contributed by atoms with Gasteiger partial charge in [0.2, 0.25) is 0 Å². The normalized spacial score (nSPS) is 12.0. The van der Waals surface area contributed by atoms with E-state index in [4.69, 9.17) is 9.97 Å². The summed E-state index contributed by atoms with van der Waals surface area (Å²) in [6.45, 7) is 0. The molecule has 0 unspecified atom stereocenters. The van der Waals surface area contributed by atoms with Gasteiger partial charge in [-0.25, -0.2) is 0 Å². The molecule has 352 valence electrons. The maximum atomic E-state index is 5.03. The Hall–Kier alpha value is -9.27. The minimum Gasteiger partial charge on any atom is -0.309 e. The lowest BCUT2D eigenvalue weighted by atomic mass is 9.84. The van der Waals surface area contributed by atoms with E-state index in [2.05, 4.69) is 284 Å². The van der Waals surface area contributed by atoms with Crippen molar-refractivity contribution in [2.75, 3.05) is 0 Å². The van der Waals surface area contributed by atoms with Crippen LogP contribution in [0.5, 0.6) is 0 Å². The number of hydrogen-bond acceptors (Lipinski definition) is 2. The number of para-hydroxylation sites is 2. The molecule has 3 aromatic heterocycles. The molecule has 0 saturated carbocycles. The third-order valence-corrected chi connectivity index (χ3v) is 25.3. The van der Waals surface area contributed by atoms with Gasteiger partial charge >= 0.3 is 0 Å². The summed E-state index contributed by atoms with van der Waals surface area (Å²) in [7, 11) is -6.15. The van der Waals surface area contributed by atoms with E-state index in [9.17, 15) is 0 Å². The molecule has 0 amide bonds. The van der Waals surface area contributed by atoms with Crippen LogP contribution in [0.2, 0.25) is 0 Å². The Kier molecular flexibility index (Phi) is 10.9. The van der Waals surface area contributed by atoms with Gasteiger partial charge < -0.3 is 4.57 Å². The van der Waals surface area contributed by atoms with Crippen LogP contribution in [0.4, 0.5) is 0 Å². The Morgan fingerprint density at radius 3 is 1.07 bits per heavy atom. The SMILES string of the molecule is c1ccc([Si](c2ccccc2)(c2ccc([Si](c3ccccc3)(c3ccccc3)c3ccc4c(c3)-c3ccccc3-c3cccnc3-c3ncccc3-4)cc2)c2cccc(-n3c4ccccc4c4ccccc43)c2)cc1. The smallest absolute Gasteiger partial charge is 0.179 e. The molecule has 0 fully saturated rings. The summed E-state index contributed by atoms with van der Waals surface area (Å²) in [5.74, 6) is 0. The molecule has 0 atom stereocenters. The summed E-state index contributed by atoms with van der Waals surface area (Å²) >= 11 is 0. The molecule has 0 N–H and O–H groups in total. The van der Waals surface area contributed by atoms with Crippen LogP contribution in [0, 0.1) is 0 Å². The number of aromatic nitrogens is 3. The first-order valence-electron chi connectivity index (χ1n) is 25.8. The highest BCUT2D eigenvalue weighted by Crippen LogP contribution is 2.46. The maximum absolute atomic E-state index is 5.03. The second kappa shape index (κ2) is 18.3. The van der Waals surface area contributed by atoms with Crippen LogP contribution < -0.4 is 41.5 Å². The maximum Gasteiger partial charge on any atom is 0.179 e. The van der Waals surface area contributed by atoms with E-state index in [1.54, 1.807) is 0 Å². The van der Waals surface area contributed by atoms with Gasteiger partial charge in [0, 0.05) is 40.0 Å². The average Bonchev–Trinajstić information content (AvgIpc) is 3.85. The Morgan fingerprint density at radius 1 is 0.240 bits per heavy atom. The summed E-state index contributed by atoms with van der Waals surface area (Å²) in [6.07, 6.45) is 3.77. The van der Waals surface area contributed by atoms with Crippen LogP contribution in [-0.4, -0.2) is 30.7 Å². The predicted molar refractivity (Wildman–Crippen MR) is 319 cm³/mol. The molecule has 1 aliphatic rings. The van der Waals surface area contributed by atoms with Crippen molar-refractivity contribution in [1.29, 1.82) is 0 Å². The number of pyridine rings is 2. The topological polar surface area (TPSA) is 30.7 Å². The standard InChI is InChI=1S/C70H49N3Si2/c1-5-23-51(24-6-1)74(52-25-7-2-8-26-52,57-31-19-22-50(48-57)73-67-38-17-15-34-62(67)63-35-16-18-39-68(63)73)55-40-42-56(43-41-55)75(53-27-9-3-10-28-53,54-29-11-4-12-30-54)58-44-45-61-65-37-21-47-72-70(65)69-64(36-20-46-71-69)59-32-13-14-33-60(59)66(61)49-58/h1-49H. The highest BCUT2D eigenvalue weighted by Gasteiger charge is 2.45. The monoisotopic (exact) mass is 987 g/mol. The Bertz CT molecular complexity index is 4090. The fraction of sp³-hybridized carbons (Fsp3) is 0. The van der Waals surface area contributed by atoms with E-state index in [-0.39, 0.29) is 0 Å². The molecule has 10 aromatic carbocycles. The molecule has 3 heterocycles. The zero-order chi connectivity index (χ0) is 49.8. The zero-order valence-corrected chi connectivity index (χ0v) is 43.1. The van der Waals surface area contributed by atoms with Crippen molar-refractivity contribution in [3.8, 4) is 50.5 Å². The predicted octanol–water partition coefficient (Wildman–Crippen LogP) is 11.3. The van der Waals surface area contributed by atoms with Gasteiger partial charge in [0.25, 0.3) is 0 Å². The van der Waals surface area contributed by atoms with Crippen molar-refractivity contribution < 1.29 is 0 Å². The summed E-state index contributed by atoms with van der Waals surface area (Å²) in [5.41, 5.74) is 12.2. The number of hydrogen-bond donors (Lipinski definition) is 0. The van der Waals surface area contributed by atoms with Gasteiger partial charge in [-0.15, -0.1) is 0 Å². The molecule has 3 nitrogen and oxygen atoms in total. The first-order chi connectivity index (χ1) is 37.2. The van der Waals surface area contributed by atoms with Gasteiger partial charge in [-0.2, -0.15) is 0 Å². The highest BCUT2D eigenvalue weighted by atomic mass is 28.3. The fourth-order valence-electron chi connectivity index (χ4n) is 12.6. The minimum absolute atomic E-state index is 0.895. The summed E-state index contributed by atoms with van der Waals surface area (Å²) in [6, 6.07) is 107. The Labute approximate surface area is 439 Å². The Balaban J connectivity index is 1.03. The van der Waals surface area contributed by atoms with Crippen LogP contribution in [0.15, 0.2) is 298 Å². The molecule has 13 aromatic rings. The van der Waals surface area contributed by atoms with Gasteiger partial charge in [-0.1, -0.05) is 249 Å². The Morgan fingerprint density at radius 2 is 0.587 bits per heavy atom. The summed E-state index contributed by atoms with van der Waals surface area (Å²) in [4.78, 5) is 10.0. The lowest BCUT2D eigenvalue weighted by Gasteiger charge is -2.37. The molecule has 1 aliphatic carbocycles. The average molecular weight is 988 g/mol. The first kappa shape index (κ1) is 44.4. The molecule has 0 saturated heterocycles. The molecule has 5 heteroatoms. The van der Waals surface area contributed by atoms with Crippen molar-refractivity contribution >= 4 is 79.4 Å². The lowest BCUT2D eigenvalue weighted by molar-refractivity contribution is 1.18. The fourth-order valence-corrected chi connectivity index (χ4v) is 22.1. The van der Waals surface area contributed by atoms with Gasteiger partial charge in [-0.05, 0) is 100 Å². The second-order valence-electron chi connectivity index (χ2n) is 19.6. The number of fused-ring (bicyclic) bond motifs is 11. The number of benzene rings is 10. The molecule has 0 spiro atoms. The molecular formula is C70H49N3Si2.